The minimum Gasteiger partial charge on any atom is -0.507 e. The predicted octanol–water partition coefficient (Wildman–Crippen LogP) is 3.49. The first-order valence-corrected chi connectivity index (χ1v) is 10.9. The minimum absolute atomic E-state index is 0.0990. The molecule has 1 aliphatic rings. The zero-order chi connectivity index (χ0) is 23.3. The summed E-state index contributed by atoms with van der Waals surface area (Å²) in [4.78, 5) is 33.5. The molecule has 0 bridgehead atoms. The lowest BCUT2D eigenvalue weighted by Crippen LogP contribution is -2.32. The van der Waals surface area contributed by atoms with Crippen LogP contribution in [0.25, 0.3) is 5.76 Å². The second kappa shape index (κ2) is 10.4. The molecule has 1 saturated heterocycles. The highest BCUT2D eigenvalue weighted by molar-refractivity contribution is 6.46. The topological polar surface area (TPSA) is 83.0 Å². The SMILES string of the molecule is CC(C)COc1ccc(C(O)=C2C(=O)C(=O)N(CCCN(C)C)[C@@H]2c2ccncc2)cc1. The van der Waals surface area contributed by atoms with Gasteiger partial charge in [-0.15, -0.1) is 0 Å². The molecule has 0 unspecified atom stereocenters. The van der Waals surface area contributed by atoms with Gasteiger partial charge in [0.1, 0.15) is 11.5 Å². The van der Waals surface area contributed by atoms with E-state index < -0.39 is 17.7 Å². The molecule has 1 aromatic carbocycles. The van der Waals surface area contributed by atoms with Crippen molar-refractivity contribution in [3.8, 4) is 5.75 Å². The third-order valence-corrected chi connectivity index (χ3v) is 5.28. The molecule has 7 nitrogen and oxygen atoms in total. The number of amides is 1. The Kier molecular flexibility index (Phi) is 7.64. The first kappa shape index (κ1) is 23.5. The van der Waals surface area contributed by atoms with Gasteiger partial charge in [0, 0.05) is 24.5 Å². The van der Waals surface area contributed by atoms with Gasteiger partial charge in [0.05, 0.1) is 18.2 Å². The van der Waals surface area contributed by atoms with Crippen molar-refractivity contribution in [3.05, 3.63) is 65.5 Å². The lowest BCUT2D eigenvalue weighted by Gasteiger charge is -2.25. The number of aromatic nitrogens is 1. The highest BCUT2D eigenvalue weighted by Gasteiger charge is 2.45. The van der Waals surface area contributed by atoms with Gasteiger partial charge in [-0.05, 0) is 74.9 Å². The average Bonchev–Trinajstić information content (AvgIpc) is 3.03. The van der Waals surface area contributed by atoms with Gasteiger partial charge >= 0.3 is 0 Å². The quantitative estimate of drug-likeness (QED) is 0.367. The number of ketones is 1. The van der Waals surface area contributed by atoms with Crippen LogP contribution in [0, 0.1) is 5.92 Å². The molecule has 1 atom stereocenters. The standard InChI is InChI=1S/C25H31N3O4/c1-17(2)16-32-20-8-6-19(7-9-20)23(29)21-22(18-10-12-26-13-11-18)28(25(31)24(21)30)15-5-14-27(3)4/h6-13,17,22,29H,5,14-16H2,1-4H3/t22-/m1/s1. The number of benzene rings is 1. The summed E-state index contributed by atoms with van der Waals surface area (Å²) in [5.41, 5.74) is 1.30. The van der Waals surface area contributed by atoms with Gasteiger partial charge in [-0.1, -0.05) is 13.8 Å². The zero-order valence-corrected chi connectivity index (χ0v) is 19.1. The fraction of sp³-hybridized carbons (Fsp3) is 0.400. The van der Waals surface area contributed by atoms with Crippen molar-refractivity contribution in [1.29, 1.82) is 0 Å². The van der Waals surface area contributed by atoms with Crippen LogP contribution in [0.2, 0.25) is 0 Å². The largest absolute Gasteiger partial charge is 0.507 e. The number of likely N-dealkylation sites (tertiary alicyclic amines) is 1. The molecule has 170 valence electrons. The molecule has 7 heteroatoms. The third-order valence-electron chi connectivity index (χ3n) is 5.28. The van der Waals surface area contributed by atoms with E-state index in [1.165, 1.54) is 0 Å². The monoisotopic (exact) mass is 437 g/mol. The van der Waals surface area contributed by atoms with E-state index in [-0.39, 0.29) is 11.3 Å². The van der Waals surface area contributed by atoms with Crippen molar-refractivity contribution in [2.24, 2.45) is 5.92 Å². The van der Waals surface area contributed by atoms with Crippen LogP contribution in [0.1, 0.15) is 37.4 Å². The maximum Gasteiger partial charge on any atom is 0.295 e. The summed E-state index contributed by atoms with van der Waals surface area (Å²) in [6.07, 6.45) is 3.95. The normalized spacial score (nSPS) is 18.1. The van der Waals surface area contributed by atoms with Crippen LogP contribution in [-0.2, 0) is 9.59 Å². The number of hydrogen-bond acceptors (Lipinski definition) is 6. The third kappa shape index (κ3) is 5.34. The van der Waals surface area contributed by atoms with E-state index in [1.54, 1.807) is 53.7 Å². The molecule has 3 rings (SSSR count). The Morgan fingerprint density at radius 2 is 1.78 bits per heavy atom. The molecule has 0 spiro atoms. The summed E-state index contributed by atoms with van der Waals surface area (Å²) in [5.74, 6) is -0.369. The fourth-order valence-electron chi connectivity index (χ4n) is 3.69. The van der Waals surface area contributed by atoms with Gasteiger partial charge < -0.3 is 19.6 Å². The summed E-state index contributed by atoms with van der Waals surface area (Å²) in [7, 11) is 3.92. The first-order valence-electron chi connectivity index (χ1n) is 10.9. The number of aliphatic hydroxyl groups is 1. The highest BCUT2D eigenvalue weighted by atomic mass is 16.5. The Hall–Kier alpha value is -3.19. The zero-order valence-electron chi connectivity index (χ0n) is 19.1. The smallest absolute Gasteiger partial charge is 0.295 e. The van der Waals surface area contributed by atoms with Gasteiger partial charge in [-0.3, -0.25) is 14.6 Å². The number of rotatable bonds is 9. The highest BCUT2D eigenvalue weighted by Crippen LogP contribution is 2.39. The number of pyridine rings is 1. The molecular formula is C25H31N3O4. The summed E-state index contributed by atoms with van der Waals surface area (Å²) in [5, 5.41) is 11.1. The molecule has 32 heavy (non-hydrogen) atoms. The Morgan fingerprint density at radius 1 is 1.12 bits per heavy atom. The van der Waals surface area contributed by atoms with Gasteiger partial charge in [-0.25, -0.2) is 0 Å². The number of hydrogen-bond donors (Lipinski definition) is 1. The van der Waals surface area contributed by atoms with Crippen LogP contribution < -0.4 is 4.74 Å². The van der Waals surface area contributed by atoms with E-state index in [2.05, 4.69) is 18.8 Å². The molecule has 1 aromatic heterocycles. The van der Waals surface area contributed by atoms with E-state index >= 15 is 0 Å². The number of Topliss-reactive ketones (excluding diaryl/α,β-unsaturated/α-hetero) is 1. The van der Waals surface area contributed by atoms with Crippen LogP contribution in [0.15, 0.2) is 54.4 Å². The predicted molar refractivity (Wildman–Crippen MR) is 123 cm³/mol. The van der Waals surface area contributed by atoms with Crippen LogP contribution in [-0.4, -0.2) is 65.4 Å². The summed E-state index contributed by atoms with van der Waals surface area (Å²) >= 11 is 0. The van der Waals surface area contributed by atoms with Gasteiger partial charge in [0.25, 0.3) is 11.7 Å². The van der Waals surface area contributed by atoms with Gasteiger partial charge in [-0.2, -0.15) is 0 Å². The van der Waals surface area contributed by atoms with Crippen molar-refractivity contribution < 1.29 is 19.4 Å². The molecule has 0 radical (unpaired) electrons. The molecule has 2 heterocycles. The molecule has 1 aliphatic heterocycles. The second-order valence-corrected chi connectivity index (χ2v) is 8.66. The van der Waals surface area contributed by atoms with Crippen molar-refractivity contribution in [2.75, 3.05) is 33.8 Å². The number of ether oxygens (including phenoxy) is 1. The number of aliphatic hydroxyl groups excluding tert-OH is 1. The Morgan fingerprint density at radius 3 is 2.38 bits per heavy atom. The molecular weight excluding hydrogens is 406 g/mol. The number of carbonyl (C=O) groups is 2. The molecule has 2 aromatic rings. The number of carbonyl (C=O) groups excluding carboxylic acids is 2. The Labute approximate surface area is 189 Å². The molecule has 1 N–H and O–H groups in total. The van der Waals surface area contributed by atoms with Crippen LogP contribution in [0.5, 0.6) is 5.75 Å². The van der Waals surface area contributed by atoms with E-state index in [0.717, 1.165) is 12.1 Å². The summed E-state index contributed by atoms with van der Waals surface area (Å²) in [6, 6.07) is 9.80. The molecule has 0 saturated carbocycles. The van der Waals surface area contributed by atoms with E-state index in [1.807, 2.05) is 19.0 Å². The molecule has 1 fully saturated rings. The van der Waals surface area contributed by atoms with Crippen molar-refractivity contribution in [1.82, 2.24) is 14.8 Å². The van der Waals surface area contributed by atoms with Crippen LogP contribution >= 0.6 is 0 Å². The maximum absolute atomic E-state index is 13.0. The fourth-order valence-corrected chi connectivity index (χ4v) is 3.69. The van der Waals surface area contributed by atoms with Crippen LogP contribution in [0.3, 0.4) is 0 Å². The Balaban J connectivity index is 1.96. The lowest BCUT2D eigenvalue weighted by molar-refractivity contribution is -0.139. The molecule has 1 amide bonds. The van der Waals surface area contributed by atoms with E-state index in [4.69, 9.17) is 4.74 Å². The Bertz CT molecular complexity index is 968. The molecule has 0 aliphatic carbocycles. The van der Waals surface area contributed by atoms with E-state index in [0.29, 0.717) is 36.8 Å². The average molecular weight is 438 g/mol. The van der Waals surface area contributed by atoms with Crippen molar-refractivity contribution >= 4 is 17.4 Å². The van der Waals surface area contributed by atoms with Gasteiger partial charge in [0.2, 0.25) is 0 Å². The number of nitrogens with zero attached hydrogens (tertiary/aromatic N) is 3. The minimum atomic E-state index is -0.672. The van der Waals surface area contributed by atoms with E-state index in [9.17, 15) is 14.7 Å². The summed E-state index contributed by atoms with van der Waals surface area (Å²) < 4.78 is 5.70. The van der Waals surface area contributed by atoms with Crippen molar-refractivity contribution in [2.45, 2.75) is 26.3 Å². The maximum atomic E-state index is 13.0. The van der Waals surface area contributed by atoms with Gasteiger partial charge in [0.15, 0.2) is 0 Å². The summed E-state index contributed by atoms with van der Waals surface area (Å²) in [6.45, 7) is 5.91. The van der Waals surface area contributed by atoms with Crippen molar-refractivity contribution in [3.63, 3.8) is 0 Å². The lowest BCUT2D eigenvalue weighted by atomic mass is 9.96. The van der Waals surface area contributed by atoms with Crippen LogP contribution in [0.4, 0.5) is 0 Å². The second-order valence-electron chi connectivity index (χ2n) is 8.66. The first-order chi connectivity index (χ1) is 15.3.